The largest absolute Gasteiger partial charge is 0.417 e. The van der Waals surface area contributed by atoms with Gasteiger partial charge in [0, 0.05) is 31.1 Å². The van der Waals surface area contributed by atoms with E-state index in [1.807, 2.05) is 0 Å². The Bertz CT molecular complexity index is 1300. The number of halogens is 3. The molecule has 0 fully saturated rings. The molecule has 2 aromatic carbocycles. The first-order valence-corrected chi connectivity index (χ1v) is 17.4. The first kappa shape index (κ1) is 32.6. The van der Waals surface area contributed by atoms with Crippen LogP contribution in [-0.4, -0.2) is 60.0 Å². The maximum atomic E-state index is 13.8. The molecule has 1 amide bonds. The molecule has 6 nitrogen and oxygen atoms in total. The van der Waals surface area contributed by atoms with Gasteiger partial charge in [0.25, 0.3) is 5.91 Å². The minimum absolute atomic E-state index is 0.0247. The maximum absolute atomic E-state index is 13.8. The van der Waals surface area contributed by atoms with Gasteiger partial charge < -0.3 is 9.33 Å². The molecule has 0 bridgehead atoms. The van der Waals surface area contributed by atoms with Crippen LogP contribution in [0.25, 0.3) is 11.1 Å². The Hall–Kier alpha value is -2.65. The lowest BCUT2D eigenvalue weighted by molar-refractivity contribution is -0.137. The van der Waals surface area contributed by atoms with Crippen molar-refractivity contribution in [3.05, 3.63) is 59.7 Å². The van der Waals surface area contributed by atoms with E-state index in [0.29, 0.717) is 12.0 Å². The molecule has 0 unspecified atom stereocenters. The average Bonchev–Trinajstić information content (AvgIpc) is 2.82. The van der Waals surface area contributed by atoms with Crippen LogP contribution >= 0.6 is 0 Å². The SMILES string of the molecule is CC(C)(C)[Si](C)(C)OCCN(CCCNS(C)(=O)=O)C(=O)C#Cc1ccc(-c2ccccc2)c(C(F)(F)F)c1. The fourth-order valence-electron chi connectivity index (χ4n) is 3.40. The third kappa shape index (κ3) is 10.4. The number of carbonyl (C=O) groups is 1. The van der Waals surface area contributed by atoms with E-state index in [2.05, 4.69) is 50.4 Å². The van der Waals surface area contributed by atoms with Crippen LogP contribution < -0.4 is 4.72 Å². The smallest absolute Gasteiger partial charge is 0.415 e. The minimum atomic E-state index is -4.60. The number of carbonyl (C=O) groups excluding carboxylic acids is 1. The van der Waals surface area contributed by atoms with Gasteiger partial charge in [-0.1, -0.05) is 63.1 Å². The van der Waals surface area contributed by atoms with Crippen molar-refractivity contribution in [1.82, 2.24) is 9.62 Å². The van der Waals surface area contributed by atoms with Gasteiger partial charge in [0.2, 0.25) is 10.0 Å². The number of hydrogen-bond donors (Lipinski definition) is 1. The molecule has 0 aliphatic rings. The molecule has 0 saturated carbocycles. The van der Waals surface area contributed by atoms with Crippen molar-refractivity contribution in [1.29, 1.82) is 0 Å². The van der Waals surface area contributed by atoms with Crippen molar-refractivity contribution in [3.8, 4) is 23.0 Å². The highest BCUT2D eigenvalue weighted by atomic mass is 32.2. The number of nitrogens with one attached hydrogen (secondary N) is 1. The van der Waals surface area contributed by atoms with Crippen LogP contribution in [0.1, 0.15) is 38.3 Å². The van der Waals surface area contributed by atoms with E-state index in [-0.39, 0.29) is 42.4 Å². The van der Waals surface area contributed by atoms with Gasteiger partial charge in [0.1, 0.15) is 0 Å². The summed E-state index contributed by atoms with van der Waals surface area (Å²) in [4.78, 5) is 14.4. The molecule has 2 rings (SSSR count). The van der Waals surface area contributed by atoms with E-state index >= 15 is 0 Å². The van der Waals surface area contributed by atoms with E-state index in [1.54, 1.807) is 30.3 Å². The number of sulfonamides is 1. The molecule has 0 saturated heterocycles. The molecular weight excluding hydrogens is 545 g/mol. The standard InChI is InChI=1S/C28H37F3N2O4SSi/c1-27(2,3)39(5,6)37-20-19-33(18-10-17-32-38(4,35)36)26(34)16-14-22-13-15-24(23-11-8-7-9-12-23)25(21-22)28(29,30)31/h7-9,11-13,15,21,32H,10,17-20H2,1-6H3. The summed E-state index contributed by atoms with van der Waals surface area (Å²) in [7, 11) is -5.44. The van der Waals surface area contributed by atoms with Crippen LogP contribution in [-0.2, 0) is 25.4 Å². The second-order valence-electron chi connectivity index (χ2n) is 10.8. The molecule has 0 radical (unpaired) electrons. The highest BCUT2D eigenvalue weighted by Gasteiger charge is 2.37. The van der Waals surface area contributed by atoms with E-state index < -0.39 is 36.0 Å². The molecule has 0 aromatic heterocycles. The zero-order valence-electron chi connectivity index (χ0n) is 23.3. The van der Waals surface area contributed by atoms with E-state index in [1.165, 1.54) is 17.0 Å². The molecule has 0 aliphatic carbocycles. The Kier molecular flexibility index (Phi) is 11.0. The lowest BCUT2D eigenvalue weighted by Gasteiger charge is -2.36. The van der Waals surface area contributed by atoms with E-state index in [9.17, 15) is 26.4 Å². The Morgan fingerprint density at radius 2 is 1.69 bits per heavy atom. The fraction of sp³-hybridized carbons (Fsp3) is 0.464. The normalized spacial score (nSPS) is 12.5. The molecule has 0 heterocycles. The van der Waals surface area contributed by atoms with Gasteiger partial charge in [0.15, 0.2) is 8.32 Å². The van der Waals surface area contributed by atoms with Gasteiger partial charge in [-0.2, -0.15) is 13.2 Å². The highest BCUT2D eigenvalue weighted by Crippen LogP contribution is 2.38. The number of nitrogens with zero attached hydrogens (tertiary/aromatic N) is 1. The first-order chi connectivity index (χ1) is 17.9. The van der Waals surface area contributed by atoms with E-state index in [0.717, 1.165) is 12.3 Å². The number of rotatable bonds is 10. The molecular formula is C28H37F3N2O4SSi. The third-order valence-electron chi connectivity index (χ3n) is 6.61. The second-order valence-corrected chi connectivity index (χ2v) is 17.4. The summed E-state index contributed by atoms with van der Waals surface area (Å²) in [6, 6.07) is 12.0. The number of alkyl halides is 3. The van der Waals surface area contributed by atoms with Crippen LogP contribution in [0, 0.1) is 11.8 Å². The fourth-order valence-corrected chi connectivity index (χ4v) is 4.95. The minimum Gasteiger partial charge on any atom is -0.415 e. The van der Waals surface area contributed by atoms with E-state index in [4.69, 9.17) is 4.43 Å². The summed E-state index contributed by atoms with van der Waals surface area (Å²) in [6.07, 6.45) is -3.22. The van der Waals surface area contributed by atoms with Gasteiger partial charge in [-0.05, 0) is 47.8 Å². The van der Waals surface area contributed by atoms with Gasteiger partial charge in [-0.15, -0.1) is 0 Å². The van der Waals surface area contributed by atoms with Crippen molar-refractivity contribution >= 4 is 24.2 Å². The van der Waals surface area contributed by atoms with Crippen molar-refractivity contribution in [2.24, 2.45) is 0 Å². The highest BCUT2D eigenvalue weighted by molar-refractivity contribution is 7.88. The molecule has 2 aromatic rings. The lowest BCUT2D eigenvalue weighted by Crippen LogP contribution is -2.43. The predicted octanol–water partition coefficient (Wildman–Crippen LogP) is 5.51. The predicted molar refractivity (Wildman–Crippen MR) is 151 cm³/mol. The maximum Gasteiger partial charge on any atom is 0.417 e. The van der Waals surface area contributed by atoms with Crippen molar-refractivity contribution in [3.63, 3.8) is 0 Å². The Balaban J connectivity index is 2.25. The van der Waals surface area contributed by atoms with Crippen LogP contribution in [0.4, 0.5) is 13.2 Å². The van der Waals surface area contributed by atoms with Crippen LogP contribution in [0.5, 0.6) is 0 Å². The molecule has 214 valence electrons. The topological polar surface area (TPSA) is 75.7 Å². The molecule has 1 N–H and O–H groups in total. The Labute approximate surface area is 231 Å². The van der Waals surface area contributed by atoms with Crippen molar-refractivity contribution < 1.29 is 30.8 Å². The Morgan fingerprint density at radius 1 is 1.05 bits per heavy atom. The van der Waals surface area contributed by atoms with Gasteiger partial charge >= 0.3 is 6.18 Å². The zero-order valence-corrected chi connectivity index (χ0v) is 25.1. The first-order valence-electron chi connectivity index (χ1n) is 12.6. The summed E-state index contributed by atoms with van der Waals surface area (Å²) in [5, 5.41) is -0.0247. The van der Waals surface area contributed by atoms with Crippen molar-refractivity contribution in [2.45, 2.75) is 51.5 Å². The van der Waals surface area contributed by atoms with Gasteiger partial charge in [-0.25, -0.2) is 13.1 Å². The summed E-state index contributed by atoms with van der Waals surface area (Å²) < 4.78 is 72.7. The van der Waals surface area contributed by atoms with Crippen LogP contribution in [0.2, 0.25) is 18.1 Å². The molecule has 39 heavy (non-hydrogen) atoms. The van der Waals surface area contributed by atoms with Gasteiger partial charge in [-0.3, -0.25) is 4.79 Å². The summed E-state index contributed by atoms with van der Waals surface area (Å²) in [5.41, 5.74) is -0.315. The molecule has 0 aliphatic heterocycles. The quantitative estimate of drug-likeness (QED) is 0.228. The summed E-state index contributed by atoms with van der Waals surface area (Å²) in [6.45, 7) is 11.3. The molecule has 11 heteroatoms. The third-order valence-corrected chi connectivity index (χ3v) is 11.9. The van der Waals surface area contributed by atoms with Crippen LogP contribution in [0.15, 0.2) is 48.5 Å². The second kappa shape index (κ2) is 13.1. The number of hydrogen-bond acceptors (Lipinski definition) is 4. The monoisotopic (exact) mass is 582 g/mol. The average molecular weight is 583 g/mol. The number of benzene rings is 2. The lowest BCUT2D eigenvalue weighted by atomic mass is 9.97. The zero-order chi connectivity index (χ0) is 29.5. The summed E-state index contributed by atoms with van der Waals surface area (Å²) >= 11 is 0. The number of amides is 1. The Morgan fingerprint density at radius 3 is 2.26 bits per heavy atom. The molecule has 0 spiro atoms. The molecule has 0 atom stereocenters. The van der Waals surface area contributed by atoms with Crippen LogP contribution in [0.3, 0.4) is 0 Å². The summed E-state index contributed by atoms with van der Waals surface area (Å²) in [5.74, 6) is 4.46. The van der Waals surface area contributed by atoms with Crippen molar-refractivity contribution in [2.75, 3.05) is 32.5 Å². The van der Waals surface area contributed by atoms with Gasteiger partial charge in [0.05, 0.1) is 18.4 Å².